The highest BCUT2D eigenvalue weighted by molar-refractivity contribution is 7.86. The predicted octanol–water partition coefficient (Wildman–Crippen LogP) is 4.27. The van der Waals surface area contributed by atoms with Crippen LogP contribution in [0.4, 0.5) is 0 Å². The molecule has 296 valence electrons. The highest BCUT2D eigenvalue weighted by atomic mass is 32.2. The maximum atomic E-state index is 14.9. The maximum absolute atomic E-state index is 14.9. The van der Waals surface area contributed by atoms with Crippen LogP contribution in [0.25, 0.3) is 0 Å². The lowest BCUT2D eigenvalue weighted by Gasteiger charge is -2.37. The SMILES string of the molecule is CCC[C@H](CC(=O)[C@@H]1C[C@@]2(CN1C(=O)[C@@H](CC(=O)N[C@H](CN(C)S(=O)(=O)N(C)C)C(C)(C)C)C(C)(C)C)C(C)(C)C21COC1)C(=O)C(=O)CC1CC1. The van der Waals surface area contributed by atoms with Gasteiger partial charge in [0, 0.05) is 76.3 Å². The Kier molecular flexibility index (Phi) is 12.1. The summed E-state index contributed by atoms with van der Waals surface area (Å²) in [5.74, 6) is -2.94. The summed E-state index contributed by atoms with van der Waals surface area (Å²) >= 11 is 0. The number of Topliss-reactive ketones (excluding diaryl/α,β-unsaturated/α-hetero) is 3. The molecule has 5 atom stereocenters. The number of likely N-dealkylation sites (N-methyl/N-ethyl adjacent to an activating group) is 1. The minimum atomic E-state index is -3.73. The second-order valence-corrected chi connectivity index (χ2v) is 21.5. The summed E-state index contributed by atoms with van der Waals surface area (Å²) in [5.41, 5.74) is -1.84. The van der Waals surface area contributed by atoms with Crippen LogP contribution >= 0.6 is 0 Å². The average Bonchev–Trinajstić information content (AvgIpc) is 3.82. The Morgan fingerprint density at radius 3 is 1.96 bits per heavy atom. The number of likely N-dealkylation sites (tertiary alicyclic amines) is 1. The van der Waals surface area contributed by atoms with Crippen molar-refractivity contribution >= 4 is 39.4 Å². The number of ether oxygens (including phenoxy) is 1. The first-order chi connectivity index (χ1) is 23.8. The third-order valence-corrected chi connectivity index (χ3v) is 15.1. The Balaban J connectivity index is 1.60. The number of nitrogens with zero attached hydrogens (tertiary/aromatic N) is 3. The zero-order valence-electron chi connectivity index (χ0n) is 33.9. The van der Waals surface area contributed by atoms with Crippen molar-refractivity contribution in [3.8, 4) is 0 Å². The zero-order valence-corrected chi connectivity index (χ0v) is 34.7. The van der Waals surface area contributed by atoms with Gasteiger partial charge in [0.1, 0.15) is 0 Å². The first kappa shape index (κ1) is 42.5. The Labute approximate surface area is 312 Å². The number of carbonyl (C=O) groups is 5. The van der Waals surface area contributed by atoms with E-state index in [1.165, 1.54) is 25.4 Å². The smallest absolute Gasteiger partial charge is 0.281 e. The molecule has 2 amide bonds. The van der Waals surface area contributed by atoms with Gasteiger partial charge in [-0.2, -0.15) is 17.0 Å². The highest BCUT2D eigenvalue weighted by Gasteiger charge is 2.86. The second kappa shape index (κ2) is 14.8. The summed E-state index contributed by atoms with van der Waals surface area (Å²) in [7, 11) is 0.657. The van der Waals surface area contributed by atoms with Crippen LogP contribution < -0.4 is 5.32 Å². The van der Waals surface area contributed by atoms with Crippen molar-refractivity contribution in [1.29, 1.82) is 0 Å². The number of hydrogen-bond donors (Lipinski definition) is 1. The third kappa shape index (κ3) is 7.94. The predicted molar refractivity (Wildman–Crippen MR) is 199 cm³/mol. The molecular formula is C39H66N4O8S. The molecule has 2 aliphatic heterocycles. The number of ketones is 3. The summed E-state index contributed by atoms with van der Waals surface area (Å²) in [5, 5.41) is 3.05. The van der Waals surface area contributed by atoms with E-state index in [-0.39, 0.29) is 65.6 Å². The van der Waals surface area contributed by atoms with Crippen molar-refractivity contribution in [2.45, 2.75) is 126 Å². The van der Waals surface area contributed by atoms with Crippen molar-refractivity contribution in [1.82, 2.24) is 18.8 Å². The normalized spacial score (nSPS) is 25.6. The van der Waals surface area contributed by atoms with Crippen molar-refractivity contribution in [2.24, 2.45) is 44.8 Å². The molecule has 1 N–H and O–H groups in total. The molecule has 0 unspecified atom stereocenters. The van der Waals surface area contributed by atoms with Crippen molar-refractivity contribution in [3.05, 3.63) is 0 Å². The molecule has 4 aliphatic rings. The number of nitrogens with one attached hydrogen (secondary N) is 1. The fourth-order valence-corrected chi connectivity index (χ4v) is 9.86. The van der Waals surface area contributed by atoms with Crippen LogP contribution in [0, 0.1) is 44.8 Å². The van der Waals surface area contributed by atoms with Gasteiger partial charge in [-0.25, -0.2) is 0 Å². The van der Waals surface area contributed by atoms with Gasteiger partial charge in [0.05, 0.1) is 25.2 Å². The van der Waals surface area contributed by atoms with E-state index in [1.807, 2.05) is 48.5 Å². The molecule has 2 heterocycles. The Morgan fingerprint density at radius 1 is 0.923 bits per heavy atom. The van der Waals surface area contributed by atoms with Crippen LogP contribution in [0.5, 0.6) is 0 Å². The van der Waals surface area contributed by atoms with Gasteiger partial charge in [-0.05, 0) is 47.8 Å². The van der Waals surface area contributed by atoms with Gasteiger partial charge < -0.3 is 15.0 Å². The molecular weight excluding hydrogens is 685 g/mol. The molecule has 2 aliphatic carbocycles. The van der Waals surface area contributed by atoms with Gasteiger partial charge in [0.25, 0.3) is 10.2 Å². The van der Waals surface area contributed by atoms with Crippen LogP contribution in [0.3, 0.4) is 0 Å². The quantitative estimate of drug-likeness (QED) is 0.217. The number of fused-ring (bicyclic) bond motifs is 1. The number of hydrogen-bond acceptors (Lipinski definition) is 8. The maximum Gasteiger partial charge on any atom is 0.281 e. The second-order valence-electron chi connectivity index (χ2n) is 19.2. The Bertz CT molecular complexity index is 1520. The molecule has 2 saturated carbocycles. The number of amides is 2. The van der Waals surface area contributed by atoms with E-state index < -0.39 is 56.5 Å². The van der Waals surface area contributed by atoms with Crippen LogP contribution in [-0.2, 0) is 38.9 Å². The summed E-state index contributed by atoms with van der Waals surface area (Å²) < 4.78 is 33.7. The van der Waals surface area contributed by atoms with Gasteiger partial charge in [-0.3, -0.25) is 24.0 Å². The third-order valence-electron chi connectivity index (χ3n) is 13.3. The van der Waals surface area contributed by atoms with Crippen LogP contribution in [0.2, 0.25) is 0 Å². The number of rotatable bonds is 17. The lowest BCUT2D eigenvalue weighted by atomic mass is 9.77. The minimum Gasteiger partial charge on any atom is -0.380 e. The van der Waals surface area contributed by atoms with Crippen LogP contribution in [0.1, 0.15) is 114 Å². The van der Waals surface area contributed by atoms with Crippen LogP contribution in [-0.4, -0.2) is 111 Å². The molecule has 4 rings (SSSR count). The molecule has 0 aromatic rings. The molecule has 0 radical (unpaired) electrons. The first-order valence-corrected chi connectivity index (χ1v) is 20.6. The Hall–Kier alpha value is -2.22. The molecule has 2 saturated heterocycles. The van der Waals surface area contributed by atoms with Crippen molar-refractivity contribution < 1.29 is 37.1 Å². The van der Waals surface area contributed by atoms with Gasteiger partial charge in [0.15, 0.2) is 11.6 Å². The van der Waals surface area contributed by atoms with Crippen LogP contribution in [0.15, 0.2) is 0 Å². The summed E-state index contributed by atoms with van der Waals surface area (Å²) in [6.45, 7) is 19.3. The topological polar surface area (TPSA) is 150 Å². The van der Waals surface area contributed by atoms with Gasteiger partial charge in [0.2, 0.25) is 17.6 Å². The summed E-state index contributed by atoms with van der Waals surface area (Å²) in [6.07, 6.45) is 3.46. The largest absolute Gasteiger partial charge is 0.380 e. The standard InChI is InChI=1S/C39H66N4O8S/c1-13-14-26(33(47)30(45)17-25-15-16-25)18-29(44)28-20-38(37(8,9)39(38)23-51-24-39)22-43(28)34(48)27(35(2,3)4)19-32(46)40-31(36(5,6)7)21-42(12)52(49,50)41(10)11/h25-28,31H,13-24H2,1-12H3,(H,40,46)/t26-,27-,28+,31-,38-/m1/s1. The van der Waals surface area contributed by atoms with Gasteiger partial charge in [-0.15, -0.1) is 0 Å². The molecule has 13 heteroatoms. The monoisotopic (exact) mass is 750 g/mol. The molecule has 12 nitrogen and oxygen atoms in total. The van der Waals surface area contributed by atoms with E-state index in [1.54, 1.807) is 4.90 Å². The summed E-state index contributed by atoms with van der Waals surface area (Å²) in [4.78, 5) is 71.1. The van der Waals surface area contributed by atoms with Crippen molar-refractivity contribution in [2.75, 3.05) is 47.4 Å². The fraction of sp³-hybridized carbons (Fsp3) is 0.872. The molecule has 0 bridgehead atoms. The first-order valence-electron chi connectivity index (χ1n) is 19.2. The lowest BCUT2D eigenvalue weighted by Crippen LogP contribution is -2.54. The molecule has 0 aromatic carbocycles. The minimum absolute atomic E-state index is 0.0369. The molecule has 4 fully saturated rings. The lowest BCUT2D eigenvalue weighted by molar-refractivity contribution is -0.147. The molecule has 52 heavy (non-hydrogen) atoms. The van der Waals surface area contributed by atoms with E-state index >= 15 is 0 Å². The highest BCUT2D eigenvalue weighted by Crippen LogP contribution is 2.84. The van der Waals surface area contributed by atoms with E-state index in [0.29, 0.717) is 39.0 Å². The average molecular weight is 751 g/mol. The Morgan fingerprint density at radius 2 is 1.52 bits per heavy atom. The van der Waals surface area contributed by atoms with E-state index in [2.05, 4.69) is 19.2 Å². The number of carbonyl (C=O) groups excluding carboxylic acids is 5. The fourth-order valence-electron chi connectivity index (χ4n) is 8.96. The molecule has 0 aromatic heterocycles. The zero-order chi connectivity index (χ0) is 39.4. The summed E-state index contributed by atoms with van der Waals surface area (Å²) in [6, 6.07) is -1.33. The van der Waals surface area contributed by atoms with E-state index in [9.17, 15) is 32.4 Å². The van der Waals surface area contributed by atoms with Crippen molar-refractivity contribution in [3.63, 3.8) is 0 Å². The van der Waals surface area contributed by atoms with Gasteiger partial charge in [-0.1, -0.05) is 68.7 Å². The van der Waals surface area contributed by atoms with E-state index in [4.69, 9.17) is 4.74 Å². The van der Waals surface area contributed by atoms with Gasteiger partial charge >= 0.3 is 0 Å². The van der Waals surface area contributed by atoms with E-state index in [0.717, 1.165) is 17.1 Å². The molecule has 2 spiro atoms.